The van der Waals surface area contributed by atoms with Crippen molar-refractivity contribution < 1.29 is 13.5 Å². The maximum Gasteiger partial charge on any atom is 0.191 e. The fraction of sp³-hybridized carbons (Fsp3) is 0.333. The third-order valence-electron chi connectivity index (χ3n) is 3.41. The summed E-state index contributed by atoms with van der Waals surface area (Å²) in [5, 5.41) is 6.27. The molecule has 0 fully saturated rings. The van der Waals surface area contributed by atoms with Crippen LogP contribution >= 0.6 is 0 Å². The lowest BCUT2D eigenvalue weighted by Gasteiger charge is -2.18. The van der Waals surface area contributed by atoms with Crippen LogP contribution in [0.2, 0.25) is 0 Å². The van der Waals surface area contributed by atoms with Gasteiger partial charge in [0.25, 0.3) is 0 Å². The van der Waals surface area contributed by atoms with E-state index in [2.05, 4.69) is 20.6 Å². The highest BCUT2D eigenvalue weighted by Crippen LogP contribution is 2.15. The number of aromatic nitrogens is 1. The molecule has 7 heteroatoms. The molecule has 5 nitrogen and oxygen atoms in total. The minimum absolute atomic E-state index is 0.229. The molecule has 1 aromatic heterocycles. The highest BCUT2D eigenvalue weighted by atomic mass is 19.2. The van der Waals surface area contributed by atoms with E-state index in [-0.39, 0.29) is 6.04 Å². The molecule has 2 aromatic rings. The summed E-state index contributed by atoms with van der Waals surface area (Å²) in [6.07, 6.45) is 3.32. The average molecular weight is 348 g/mol. The fourth-order valence-electron chi connectivity index (χ4n) is 2.14. The van der Waals surface area contributed by atoms with Crippen molar-refractivity contribution in [2.75, 3.05) is 19.7 Å². The van der Waals surface area contributed by atoms with Crippen LogP contribution in [-0.4, -0.2) is 30.6 Å². The van der Waals surface area contributed by atoms with Gasteiger partial charge in [0.1, 0.15) is 12.4 Å². The van der Waals surface area contributed by atoms with E-state index in [1.54, 1.807) is 24.5 Å². The number of halogens is 2. The summed E-state index contributed by atoms with van der Waals surface area (Å²) >= 11 is 0. The zero-order valence-corrected chi connectivity index (χ0v) is 14.3. The second-order valence-corrected chi connectivity index (χ2v) is 5.34. The SMILES string of the molecule is CCNC(=NCCOc1cccnc1)NC(C)c1ccc(F)c(F)c1. The maximum absolute atomic E-state index is 13.4. The van der Waals surface area contributed by atoms with Gasteiger partial charge in [0, 0.05) is 12.7 Å². The van der Waals surface area contributed by atoms with Crippen molar-refractivity contribution in [3.63, 3.8) is 0 Å². The lowest BCUT2D eigenvalue weighted by molar-refractivity contribution is 0.327. The number of nitrogens with one attached hydrogen (secondary N) is 2. The van der Waals surface area contributed by atoms with Gasteiger partial charge in [0.2, 0.25) is 0 Å². The molecular formula is C18H22F2N4O. The molecule has 25 heavy (non-hydrogen) atoms. The minimum atomic E-state index is -0.863. The summed E-state index contributed by atoms with van der Waals surface area (Å²) in [6.45, 7) is 5.33. The normalized spacial score (nSPS) is 12.6. The van der Waals surface area contributed by atoms with Gasteiger partial charge in [-0.05, 0) is 43.7 Å². The molecule has 1 aromatic carbocycles. The predicted octanol–water partition coefficient (Wildman–Crippen LogP) is 3.05. The van der Waals surface area contributed by atoms with Crippen LogP contribution in [0.1, 0.15) is 25.5 Å². The van der Waals surface area contributed by atoms with Crippen LogP contribution in [0.4, 0.5) is 8.78 Å². The number of hydrogen-bond acceptors (Lipinski definition) is 3. The van der Waals surface area contributed by atoms with Crippen LogP contribution in [-0.2, 0) is 0 Å². The summed E-state index contributed by atoms with van der Waals surface area (Å²) in [6, 6.07) is 7.24. The first kappa shape index (κ1) is 18.6. The Morgan fingerprint density at radius 2 is 2.12 bits per heavy atom. The summed E-state index contributed by atoms with van der Waals surface area (Å²) in [5.41, 5.74) is 0.635. The molecule has 0 saturated carbocycles. The van der Waals surface area contributed by atoms with E-state index in [1.165, 1.54) is 6.07 Å². The Kier molecular flexibility index (Phi) is 7.13. The van der Waals surface area contributed by atoms with Crippen LogP contribution in [0.5, 0.6) is 5.75 Å². The van der Waals surface area contributed by atoms with Crippen LogP contribution in [0.15, 0.2) is 47.7 Å². The molecule has 0 spiro atoms. The lowest BCUT2D eigenvalue weighted by atomic mass is 10.1. The van der Waals surface area contributed by atoms with Gasteiger partial charge in [0.05, 0.1) is 18.8 Å². The van der Waals surface area contributed by atoms with Gasteiger partial charge >= 0.3 is 0 Å². The van der Waals surface area contributed by atoms with E-state index in [0.717, 1.165) is 6.07 Å². The lowest BCUT2D eigenvalue weighted by Crippen LogP contribution is -2.39. The van der Waals surface area contributed by atoms with Gasteiger partial charge in [-0.15, -0.1) is 0 Å². The zero-order valence-electron chi connectivity index (χ0n) is 14.3. The second-order valence-electron chi connectivity index (χ2n) is 5.34. The first-order valence-electron chi connectivity index (χ1n) is 8.12. The molecular weight excluding hydrogens is 326 g/mol. The number of aliphatic imine (C=N–C) groups is 1. The Balaban J connectivity index is 1.90. The molecule has 0 radical (unpaired) electrons. The van der Waals surface area contributed by atoms with Crippen LogP contribution < -0.4 is 15.4 Å². The molecule has 1 heterocycles. The first-order chi connectivity index (χ1) is 12.1. The highest BCUT2D eigenvalue weighted by Gasteiger charge is 2.10. The Hall–Kier alpha value is -2.70. The number of guanidine groups is 1. The van der Waals surface area contributed by atoms with E-state index < -0.39 is 11.6 Å². The number of rotatable bonds is 7. The monoisotopic (exact) mass is 348 g/mol. The topological polar surface area (TPSA) is 58.5 Å². The van der Waals surface area contributed by atoms with E-state index in [0.29, 0.717) is 37.0 Å². The van der Waals surface area contributed by atoms with Crippen molar-refractivity contribution in [3.05, 3.63) is 59.9 Å². The van der Waals surface area contributed by atoms with Crippen molar-refractivity contribution in [2.45, 2.75) is 19.9 Å². The summed E-state index contributed by atoms with van der Waals surface area (Å²) in [7, 11) is 0. The van der Waals surface area contributed by atoms with Crippen LogP contribution in [0.25, 0.3) is 0 Å². The standard InChI is InChI=1S/C18H22F2N4O/c1-3-22-18(23-9-10-25-15-5-4-8-21-12-15)24-13(2)14-6-7-16(19)17(20)11-14/h4-8,11-13H,3,9-10H2,1-2H3,(H2,22,23,24). The van der Waals surface area contributed by atoms with Crippen molar-refractivity contribution in [2.24, 2.45) is 4.99 Å². The highest BCUT2D eigenvalue weighted by molar-refractivity contribution is 5.80. The van der Waals surface area contributed by atoms with Crippen molar-refractivity contribution in [1.82, 2.24) is 15.6 Å². The van der Waals surface area contributed by atoms with Gasteiger partial charge in [-0.2, -0.15) is 0 Å². The van der Waals surface area contributed by atoms with E-state index >= 15 is 0 Å². The first-order valence-corrected chi connectivity index (χ1v) is 8.12. The van der Waals surface area contributed by atoms with Gasteiger partial charge in [-0.25, -0.2) is 13.8 Å². The average Bonchev–Trinajstić information content (AvgIpc) is 2.62. The number of benzene rings is 1. The summed E-state index contributed by atoms with van der Waals surface area (Å²) in [5.74, 6) is -0.456. The van der Waals surface area contributed by atoms with Crippen LogP contribution in [0.3, 0.4) is 0 Å². The molecule has 0 bridgehead atoms. The molecule has 1 unspecified atom stereocenters. The van der Waals surface area contributed by atoms with Crippen LogP contribution in [0, 0.1) is 11.6 Å². The molecule has 0 aliphatic heterocycles. The van der Waals surface area contributed by atoms with Gasteiger partial charge in [0.15, 0.2) is 17.6 Å². The molecule has 2 N–H and O–H groups in total. The number of nitrogens with zero attached hydrogens (tertiary/aromatic N) is 2. The van der Waals surface area contributed by atoms with Crippen molar-refractivity contribution >= 4 is 5.96 Å². The van der Waals surface area contributed by atoms with E-state index in [1.807, 2.05) is 19.9 Å². The van der Waals surface area contributed by atoms with Gasteiger partial charge in [-0.1, -0.05) is 6.07 Å². The Labute approximate surface area is 146 Å². The maximum atomic E-state index is 13.4. The smallest absolute Gasteiger partial charge is 0.191 e. The Morgan fingerprint density at radius 1 is 1.28 bits per heavy atom. The number of pyridine rings is 1. The molecule has 2 rings (SSSR count). The third kappa shape index (κ3) is 6.02. The number of ether oxygens (including phenoxy) is 1. The minimum Gasteiger partial charge on any atom is -0.490 e. The molecule has 1 atom stereocenters. The van der Waals surface area contributed by atoms with Crippen molar-refractivity contribution in [3.8, 4) is 5.75 Å². The fourth-order valence-corrected chi connectivity index (χ4v) is 2.14. The summed E-state index contributed by atoms with van der Waals surface area (Å²) < 4.78 is 31.9. The third-order valence-corrected chi connectivity index (χ3v) is 3.41. The van der Waals surface area contributed by atoms with E-state index in [4.69, 9.17) is 4.74 Å². The molecule has 134 valence electrons. The molecule has 0 saturated heterocycles. The van der Waals surface area contributed by atoms with Gasteiger partial charge < -0.3 is 15.4 Å². The molecule has 0 aliphatic rings. The number of hydrogen-bond donors (Lipinski definition) is 2. The van der Waals surface area contributed by atoms with Gasteiger partial charge in [-0.3, -0.25) is 4.98 Å². The Morgan fingerprint density at radius 3 is 2.80 bits per heavy atom. The largest absolute Gasteiger partial charge is 0.490 e. The quantitative estimate of drug-likeness (QED) is 0.459. The van der Waals surface area contributed by atoms with Crippen molar-refractivity contribution in [1.29, 1.82) is 0 Å². The van der Waals surface area contributed by atoms with E-state index in [9.17, 15) is 8.78 Å². The molecule has 0 amide bonds. The summed E-state index contributed by atoms with van der Waals surface area (Å²) in [4.78, 5) is 8.39. The predicted molar refractivity (Wildman–Crippen MR) is 93.6 cm³/mol. The second kappa shape index (κ2) is 9.56. The Bertz CT molecular complexity index is 695. The zero-order chi connectivity index (χ0) is 18.1. The molecule has 0 aliphatic carbocycles.